The Morgan fingerprint density at radius 1 is 1.23 bits per heavy atom. The van der Waals surface area contributed by atoms with Crippen LogP contribution in [0.1, 0.15) is 21.5 Å². The molecule has 0 amide bonds. The molecule has 6 nitrogen and oxygen atoms in total. The third-order valence-electron chi connectivity index (χ3n) is 4.56. The summed E-state index contributed by atoms with van der Waals surface area (Å²) in [5, 5.41) is 12.5. The number of hydrogen-bond acceptors (Lipinski definition) is 6. The standard InChI is InChI=1S/C22H22FN3O3S/c1-25-10-13-3-5-17(30-2)9-19(13)14-8-20(21(24)26-11-14)29-12-15-7-16(23)4-6-18(15)22(27)28/h3-9,11,25H,10,12H2,1-2H3,(H2,24,26)(H,27,28). The Morgan fingerprint density at radius 3 is 2.73 bits per heavy atom. The third kappa shape index (κ3) is 4.90. The highest BCUT2D eigenvalue weighted by Gasteiger charge is 2.14. The Bertz CT molecular complexity index is 1080. The molecule has 4 N–H and O–H groups in total. The van der Waals surface area contributed by atoms with Crippen LogP contribution in [0, 0.1) is 5.82 Å². The highest BCUT2D eigenvalue weighted by molar-refractivity contribution is 7.98. The normalized spacial score (nSPS) is 10.8. The van der Waals surface area contributed by atoms with Gasteiger partial charge in [0.2, 0.25) is 0 Å². The number of nitrogens with two attached hydrogens (primary N) is 1. The molecule has 3 rings (SSSR count). The number of rotatable bonds is 8. The van der Waals surface area contributed by atoms with Crippen LogP contribution in [0.25, 0.3) is 11.1 Å². The van der Waals surface area contributed by atoms with Gasteiger partial charge in [0.1, 0.15) is 12.4 Å². The van der Waals surface area contributed by atoms with E-state index in [2.05, 4.69) is 28.5 Å². The van der Waals surface area contributed by atoms with Gasteiger partial charge in [0, 0.05) is 28.8 Å². The number of nitrogen functional groups attached to an aromatic ring is 1. The van der Waals surface area contributed by atoms with Gasteiger partial charge in [-0.2, -0.15) is 0 Å². The fourth-order valence-electron chi connectivity index (χ4n) is 3.06. The number of nitrogens with zero attached hydrogens (tertiary/aromatic N) is 1. The first-order valence-electron chi connectivity index (χ1n) is 9.15. The quantitative estimate of drug-likeness (QED) is 0.464. The Balaban J connectivity index is 1.94. The second-order valence-electron chi connectivity index (χ2n) is 6.56. The van der Waals surface area contributed by atoms with Gasteiger partial charge in [-0.3, -0.25) is 0 Å². The van der Waals surface area contributed by atoms with Gasteiger partial charge in [0.15, 0.2) is 11.6 Å². The van der Waals surface area contributed by atoms with Crippen LogP contribution >= 0.6 is 11.8 Å². The average molecular weight is 428 g/mol. The first-order valence-corrected chi connectivity index (χ1v) is 10.4. The number of halogens is 1. The summed E-state index contributed by atoms with van der Waals surface area (Å²) in [5.41, 5.74) is 9.06. The molecule has 0 radical (unpaired) electrons. The molecule has 0 fully saturated rings. The van der Waals surface area contributed by atoms with E-state index < -0.39 is 11.8 Å². The lowest BCUT2D eigenvalue weighted by Gasteiger charge is -2.14. The number of carboxylic acids is 1. The summed E-state index contributed by atoms with van der Waals surface area (Å²) in [7, 11) is 1.88. The van der Waals surface area contributed by atoms with Crippen LogP contribution < -0.4 is 15.8 Å². The number of carbonyl (C=O) groups is 1. The molecule has 1 heterocycles. The minimum absolute atomic E-state index is 0.0249. The predicted octanol–water partition coefficient (Wildman–Crippen LogP) is 4.19. The number of pyridine rings is 1. The van der Waals surface area contributed by atoms with Crippen LogP contribution in [0.4, 0.5) is 10.2 Å². The maximum Gasteiger partial charge on any atom is 0.336 e. The topological polar surface area (TPSA) is 97.5 Å². The fourth-order valence-corrected chi connectivity index (χ4v) is 3.50. The van der Waals surface area contributed by atoms with Crippen molar-refractivity contribution < 1.29 is 19.0 Å². The zero-order valence-electron chi connectivity index (χ0n) is 16.6. The first-order chi connectivity index (χ1) is 14.4. The van der Waals surface area contributed by atoms with Crippen molar-refractivity contribution in [2.24, 2.45) is 0 Å². The lowest BCUT2D eigenvalue weighted by molar-refractivity contribution is 0.0694. The summed E-state index contributed by atoms with van der Waals surface area (Å²) < 4.78 is 19.3. The van der Waals surface area contributed by atoms with Gasteiger partial charge in [-0.1, -0.05) is 6.07 Å². The number of aromatic nitrogens is 1. The van der Waals surface area contributed by atoms with E-state index in [0.29, 0.717) is 12.3 Å². The molecule has 0 atom stereocenters. The zero-order valence-corrected chi connectivity index (χ0v) is 17.4. The molecule has 1 aromatic heterocycles. The van der Waals surface area contributed by atoms with E-state index in [4.69, 9.17) is 10.5 Å². The summed E-state index contributed by atoms with van der Waals surface area (Å²) in [6.07, 6.45) is 3.68. The number of aromatic carboxylic acids is 1. The number of hydrogen-bond donors (Lipinski definition) is 3. The van der Waals surface area contributed by atoms with Gasteiger partial charge >= 0.3 is 5.97 Å². The molecule has 156 valence electrons. The van der Waals surface area contributed by atoms with Gasteiger partial charge in [0.25, 0.3) is 0 Å². The van der Waals surface area contributed by atoms with Crippen LogP contribution in [-0.4, -0.2) is 29.4 Å². The minimum Gasteiger partial charge on any atom is -0.485 e. The molecule has 2 aromatic carbocycles. The smallest absolute Gasteiger partial charge is 0.336 e. The van der Waals surface area contributed by atoms with Crippen LogP contribution in [0.3, 0.4) is 0 Å². The number of thioether (sulfide) groups is 1. The van der Waals surface area contributed by atoms with Crippen molar-refractivity contribution in [2.75, 3.05) is 19.0 Å². The molecule has 0 aliphatic rings. The zero-order chi connectivity index (χ0) is 21.7. The predicted molar refractivity (Wildman–Crippen MR) is 116 cm³/mol. The van der Waals surface area contributed by atoms with Crippen LogP contribution in [0.15, 0.2) is 53.6 Å². The van der Waals surface area contributed by atoms with E-state index in [-0.39, 0.29) is 23.6 Å². The third-order valence-corrected chi connectivity index (χ3v) is 5.28. The minimum atomic E-state index is -1.15. The van der Waals surface area contributed by atoms with E-state index in [1.165, 1.54) is 6.07 Å². The van der Waals surface area contributed by atoms with Gasteiger partial charge in [-0.15, -0.1) is 11.8 Å². The lowest BCUT2D eigenvalue weighted by Crippen LogP contribution is -2.08. The van der Waals surface area contributed by atoms with Gasteiger partial charge in [0.05, 0.1) is 5.56 Å². The van der Waals surface area contributed by atoms with Crippen molar-refractivity contribution in [1.29, 1.82) is 0 Å². The average Bonchev–Trinajstić information content (AvgIpc) is 2.73. The molecule has 0 saturated heterocycles. The summed E-state index contributed by atoms with van der Waals surface area (Å²) >= 11 is 1.64. The number of ether oxygens (including phenoxy) is 1. The van der Waals surface area contributed by atoms with Crippen molar-refractivity contribution >= 4 is 23.5 Å². The Morgan fingerprint density at radius 2 is 2.03 bits per heavy atom. The molecule has 8 heteroatoms. The Hall–Kier alpha value is -3.10. The maximum atomic E-state index is 13.6. The molecule has 0 unspecified atom stereocenters. The summed E-state index contributed by atoms with van der Waals surface area (Å²) in [6.45, 7) is 0.527. The van der Waals surface area contributed by atoms with E-state index in [0.717, 1.165) is 33.7 Å². The van der Waals surface area contributed by atoms with Gasteiger partial charge in [-0.25, -0.2) is 14.2 Å². The molecular formula is C22H22FN3O3S. The van der Waals surface area contributed by atoms with Crippen molar-refractivity contribution in [1.82, 2.24) is 10.3 Å². The van der Waals surface area contributed by atoms with Crippen molar-refractivity contribution in [3.05, 3.63) is 71.2 Å². The van der Waals surface area contributed by atoms with E-state index in [9.17, 15) is 14.3 Å². The van der Waals surface area contributed by atoms with Crippen molar-refractivity contribution in [3.63, 3.8) is 0 Å². The van der Waals surface area contributed by atoms with E-state index in [1.807, 2.05) is 13.3 Å². The number of anilines is 1. The molecule has 3 aromatic rings. The largest absolute Gasteiger partial charge is 0.485 e. The van der Waals surface area contributed by atoms with Crippen molar-refractivity contribution in [2.45, 2.75) is 18.0 Å². The molecule has 0 spiro atoms. The van der Waals surface area contributed by atoms with E-state index in [1.54, 1.807) is 24.0 Å². The van der Waals surface area contributed by atoms with Crippen LogP contribution in [0.2, 0.25) is 0 Å². The Kier molecular flexibility index (Phi) is 6.91. The molecular weight excluding hydrogens is 405 g/mol. The maximum absolute atomic E-state index is 13.6. The highest BCUT2D eigenvalue weighted by Crippen LogP contribution is 2.32. The van der Waals surface area contributed by atoms with Crippen molar-refractivity contribution in [3.8, 4) is 16.9 Å². The molecule has 0 aliphatic carbocycles. The fraction of sp³-hybridized carbons (Fsp3) is 0.182. The summed E-state index contributed by atoms with van der Waals surface area (Å²) in [5.74, 6) is -1.22. The van der Waals surface area contributed by atoms with Crippen LogP contribution in [0.5, 0.6) is 5.75 Å². The van der Waals surface area contributed by atoms with Gasteiger partial charge < -0.3 is 20.9 Å². The number of benzene rings is 2. The Labute approximate surface area is 178 Å². The molecule has 0 aliphatic heterocycles. The summed E-state index contributed by atoms with van der Waals surface area (Å²) in [4.78, 5) is 16.7. The first kappa shape index (κ1) is 21.6. The van der Waals surface area contributed by atoms with Gasteiger partial charge in [-0.05, 0) is 60.8 Å². The van der Waals surface area contributed by atoms with Crippen LogP contribution in [-0.2, 0) is 13.2 Å². The monoisotopic (exact) mass is 427 g/mol. The second kappa shape index (κ2) is 9.60. The highest BCUT2D eigenvalue weighted by atomic mass is 32.2. The van der Waals surface area contributed by atoms with E-state index >= 15 is 0 Å². The number of nitrogens with one attached hydrogen (secondary N) is 1. The molecule has 0 saturated carbocycles. The lowest BCUT2D eigenvalue weighted by atomic mass is 10.0. The summed E-state index contributed by atoms with van der Waals surface area (Å²) in [6, 6.07) is 11.4. The SMILES string of the molecule is CNCc1ccc(SC)cc1-c1cnc(N)c(OCc2cc(F)ccc2C(=O)O)c1. The molecule has 0 bridgehead atoms. The second-order valence-corrected chi connectivity index (χ2v) is 7.44. The number of carboxylic acid groups (broad SMARTS) is 1. The molecule has 30 heavy (non-hydrogen) atoms.